The van der Waals surface area contributed by atoms with Crippen LogP contribution in [-0.2, 0) is 20.0 Å². The van der Waals surface area contributed by atoms with Crippen LogP contribution in [0.25, 0.3) is 0 Å². The summed E-state index contributed by atoms with van der Waals surface area (Å²) in [5.74, 6) is 0. The van der Waals surface area contributed by atoms with Crippen molar-refractivity contribution in [1.82, 2.24) is 24.9 Å². The first-order valence-electron chi connectivity index (χ1n) is 6.89. The van der Waals surface area contributed by atoms with E-state index in [2.05, 4.69) is 46.3 Å². The Hall–Kier alpha value is -1.62. The molecule has 1 unspecified atom stereocenters. The van der Waals surface area contributed by atoms with Crippen molar-refractivity contribution in [2.45, 2.75) is 39.8 Å². The fraction of sp³-hybridized carbons (Fsp3) is 0.571. The van der Waals surface area contributed by atoms with Crippen LogP contribution < -0.4 is 5.32 Å². The molecule has 0 saturated heterocycles. The van der Waals surface area contributed by atoms with Crippen molar-refractivity contribution in [3.8, 4) is 0 Å². The Bertz CT molecular complexity index is 526. The highest BCUT2D eigenvalue weighted by molar-refractivity contribution is 5.17. The SMILES string of the molecule is CCNC(Cc1cc(C)nn1CC)c1cnn(C)c1. The van der Waals surface area contributed by atoms with Crippen LogP contribution in [0.5, 0.6) is 0 Å². The van der Waals surface area contributed by atoms with Crippen molar-refractivity contribution in [3.05, 3.63) is 35.4 Å². The maximum Gasteiger partial charge on any atom is 0.0596 e. The molecule has 5 heteroatoms. The Morgan fingerprint density at radius 2 is 2.16 bits per heavy atom. The van der Waals surface area contributed by atoms with E-state index >= 15 is 0 Å². The minimum absolute atomic E-state index is 0.292. The molecule has 19 heavy (non-hydrogen) atoms. The maximum absolute atomic E-state index is 4.51. The molecule has 2 rings (SSSR count). The van der Waals surface area contributed by atoms with Gasteiger partial charge in [-0.25, -0.2) is 0 Å². The van der Waals surface area contributed by atoms with E-state index in [1.54, 1.807) is 0 Å². The molecule has 0 bridgehead atoms. The topological polar surface area (TPSA) is 47.7 Å². The molecular weight excluding hydrogens is 238 g/mol. The number of hydrogen-bond acceptors (Lipinski definition) is 3. The number of rotatable bonds is 6. The van der Waals surface area contributed by atoms with Crippen LogP contribution in [0.2, 0.25) is 0 Å². The number of aromatic nitrogens is 4. The lowest BCUT2D eigenvalue weighted by molar-refractivity contribution is 0.516. The van der Waals surface area contributed by atoms with E-state index in [1.807, 2.05) is 24.9 Å². The van der Waals surface area contributed by atoms with E-state index in [1.165, 1.54) is 11.3 Å². The molecule has 1 atom stereocenters. The average Bonchev–Trinajstić information content (AvgIpc) is 2.95. The fourth-order valence-corrected chi connectivity index (χ4v) is 2.42. The van der Waals surface area contributed by atoms with Crippen LogP contribution in [0, 0.1) is 6.92 Å². The number of nitrogens with one attached hydrogen (secondary N) is 1. The smallest absolute Gasteiger partial charge is 0.0596 e. The predicted molar refractivity (Wildman–Crippen MR) is 76.0 cm³/mol. The van der Waals surface area contributed by atoms with Gasteiger partial charge in [0.1, 0.15) is 0 Å². The lowest BCUT2D eigenvalue weighted by Gasteiger charge is -2.16. The van der Waals surface area contributed by atoms with Crippen LogP contribution in [0.1, 0.15) is 36.8 Å². The Kier molecular flexibility index (Phi) is 4.37. The van der Waals surface area contributed by atoms with Crippen LogP contribution >= 0.6 is 0 Å². The van der Waals surface area contributed by atoms with Crippen LogP contribution in [0.3, 0.4) is 0 Å². The first kappa shape index (κ1) is 13.8. The first-order valence-corrected chi connectivity index (χ1v) is 6.89. The summed E-state index contributed by atoms with van der Waals surface area (Å²) in [5.41, 5.74) is 3.58. The van der Waals surface area contributed by atoms with Crippen molar-refractivity contribution in [2.75, 3.05) is 6.54 Å². The molecule has 0 aliphatic rings. The van der Waals surface area contributed by atoms with Crippen molar-refractivity contribution in [3.63, 3.8) is 0 Å². The number of aryl methyl sites for hydroxylation is 3. The highest BCUT2D eigenvalue weighted by atomic mass is 15.3. The molecule has 0 spiro atoms. The summed E-state index contributed by atoms with van der Waals surface area (Å²) in [4.78, 5) is 0. The molecule has 1 N–H and O–H groups in total. The second-order valence-electron chi connectivity index (χ2n) is 4.85. The summed E-state index contributed by atoms with van der Waals surface area (Å²) >= 11 is 0. The predicted octanol–water partition coefficient (Wildman–Crippen LogP) is 1.84. The summed E-state index contributed by atoms with van der Waals surface area (Å²) in [7, 11) is 1.95. The van der Waals surface area contributed by atoms with E-state index in [-0.39, 0.29) is 0 Å². The Morgan fingerprint density at radius 3 is 2.74 bits per heavy atom. The first-order chi connectivity index (χ1) is 9.13. The van der Waals surface area contributed by atoms with Crippen LogP contribution in [0.4, 0.5) is 0 Å². The van der Waals surface area contributed by atoms with E-state index in [0.29, 0.717) is 6.04 Å². The molecule has 104 valence electrons. The molecule has 0 radical (unpaired) electrons. The molecule has 2 heterocycles. The Morgan fingerprint density at radius 1 is 1.37 bits per heavy atom. The van der Waals surface area contributed by atoms with E-state index < -0.39 is 0 Å². The van der Waals surface area contributed by atoms with Gasteiger partial charge in [0.15, 0.2) is 0 Å². The number of hydrogen-bond donors (Lipinski definition) is 1. The summed E-state index contributed by atoms with van der Waals surface area (Å²) in [5, 5.41) is 12.3. The normalized spacial score (nSPS) is 12.8. The van der Waals surface area contributed by atoms with Gasteiger partial charge in [-0.05, 0) is 26.5 Å². The highest BCUT2D eigenvalue weighted by Crippen LogP contribution is 2.18. The molecule has 2 aromatic heterocycles. The summed E-state index contributed by atoms with van der Waals surface area (Å²) in [6.45, 7) is 8.16. The maximum atomic E-state index is 4.51. The monoisotopic (exact) mass is 261 g/mol. The van der Waals surface area contributed by atoms with E-state index in [9.17, 15) is 0 Å². The molecule has 0 amide bonds. The van der Waals surface area contributed by atoms with Gasteiger partial charge < -0.3 is 5.32 Å². The summed E-state index contributed by atoms with van der Waals surface area (Å²) in [6.07, 6.45) is 4.95. The third kappa shape index (κ3) is 3.23. The van der Waals surface area contributed by atoms with Crippen molar-refractivity contribution in [1.29, 1.82) is 0 Å². The van der Waals surface area contributed by atoms with Gasteiger partial charge in [0.2, 0.25) is 0 Å². The number of nitrogens with zero attached hydrogens (tertiary/aromatic N) is 4. The van der Waals surface area contributed by atoms with Gasteiger partial charge in [0.25, 0.3) is 0 Å². The van der Waals surface area contributed by atoms with Gasteiger partial charge >= 0.3 is 0 Å². The molecular formula is C14H23N5. The zero-order valence-corrected chi connectivity index (χ0v) is 12.2. The Balaban J connectivity index is 2.20. The van der Waals surface area contributed by atoms with E-state index in [0.717, 1.165) is 25.2 Å². The molecule has 0 aromatic carbocycles. The van der Waals surface area contributed by atoms with Gasteiger partial charge in [-0.1, -0.05) is 6.92 Å². The number of likely N-dealkylation sites (N-methyl/N-ethyl adjacent to an activating group) is 1. The lowest BCUT2D eigenvalue weighted by Crippen LogP contribution is -2.23. The second-order valence-corrected chi connectivity index (χ2v) is 4.85. The minimum Gasteiger partial charge on any atom is -0.310 e. The van der Waals surface area contributed by atoms with Crippen molar-refractivity contribution >= 4 is 0 Å². The molecule has 0 aliphatic carbocycles. The van der Waals surface area contributed by atoms with Crippen LogP contribution in [0.15, 0.2) is 18.5 Å². The van der Waals surface area contributed by atoms with Gasteiger partial charge in [0, 0.05) is 43.5 Å². The molecule has 2 aromatic rings. The minimum atomic E-state index is 0.292. The fourth-order valence-electron chi connectivity index (χ4n) is 2.42. The van der Waals surface area contributed by atoms with Gasteiger partial charge in [-0.15, -0.1) is 0 Å². The molecule has 0 fully saturated rings. The standard InChI is InChI=1S/C14H23N5/c1-5-15-14(12-9-16-18(4)10-12)8-13-7-11(3)17-19(13)6-2/h7,9-10,14-15H,5-6,8H2,1-4H3. The van der Waals surface area contributed by atoms with Gasteiger partial charge in [0.05, 0.1) is 11.9 Å². The molecule has 0 saturated carbocycles. The van der Waals surface area contributed by atoms with Gasteiger partial charge in [-0.3, -0.25) is 9.36 Å². The molecule has 5 nitrogen and oxygen atoms in total. The largest absolute Gasteiger partial charge is 0.310 e. The van der Waals surface area contributed by atoms with Crippen LogP contribution in [-0.4, -0.2) is 26.1 Å². The van der Waals surface area contributed by atoms with Crippen molar-refractivity contribution < 1.29 is 0 Å². The second kappa shape index (κ2) is 6.02. The van der Waals surface area contributed by atoms with Crippen molar-refractivity contribution in [2.24, 2.45) is 7.05 Å². The zero-order chi connectivity index (χ0) is 13.8. The van der Waals surface area contributed by atoms with Gasteiger partial charge in [-0.2, -0.15) is 10.2 Å². The quantitative estimate of drug-likeness (QED) is 0.863. The highest BCUT2D eigenvalue weighted by Gasteiger charge is 2.15. The average molecular weight is 261 g/mol. The zero-order valence-electron chi connectivity index (χ0n) is 12.2. The Labute approximate surface area is 114 Å². The third-order valence-electron chi connectivity index (χ3n) is 3.28. The molecule has 0 aliphatic heterocycles. The third-order valence-corrected chi connectivity index (χ3v) is 3.28. The lowest BCUT2D eigenvalue weighted by atomic mass is 10.1. The van der Waals surface area contributed by atoms with E-state index in [4.69, 9.17) is 0 Å². The summed E-state index contributed by atoms with van der Waals surface area (Å²) < 4.78 is 3.93. The summed E-state index contributed by atoms with van der Waals surface area (Å²) in [6, 6.07) is 2.46.